The molecule has 1 unspecified atom stereocenters. The van der Waals surface area contributed by atoms with E-state index in [2.05, 4.69) is 16.0 Å². The summed E-state index contributed by atoms with van der Waals surface area (Å²) in [4.78, 5) is 14.5. The van der Waals surface area contributed by atoms with Crippen LogP contribution in [0.2, 0.25) is 0 Å². The van der Waals surface area contributed by atoms with Gasteiger partial charge in [-0.2, -0.15) is 0 Å². The average molecular weight is 558 g/mol. The molecule has 1 amide bonds. The lowest BCUT2D eigenvalue weighted by Crippen LogP contribution is -2.20. The number of hydrogen-bond donors (Lipinski definition) is 3. The van der Waals surface area contributed by atoms with Gasteiger partial charge in [0, 0.05) is 22.3 Å². The summed E-state index contributed by atoms with van der Waals surface area (Å²) >= 11 is 6.98. The smallest absolute Gasteiger partial charge is 0.242 e. The van der Waals surface area contributed by atoms with Crippen molar-refractivity contribution in [2.45, 2.75) is 10.1 Å². The molecule has 1 atom stereocenters. The zero-order chi connectivity index (χ0) is 27.0. The number of para-hydroxylation sites is 2. The fourth-order valence-electron chi connectivity index (χ4n) is 4.05. The molecule has 0 aliphatic carbocycles. The number of carbonyl (C=O) groups excluding carboxylic acids is 1. The topological polar surface area (TPSA) is 80.9 Å². The van der Waals surface area contributed by atoms with E-state index >= 15 is 0 Å². The van der Waals surface area contributed by atoms with Crippen LogP contribution >= 0.6 is 24.0 Å². The summed E-state index contributed by atoms with van der Waals surface area (Å²) in [5.74, 6) is 1.85. The van der Waals surface area contributed by atoms with E-state index < -0.39 is 5.25 Å². The highest BCUT2D eigenvalue weighted by Crippen LogP contribution is 2.38. The second-order valence-electron chi connectivity index (χ2n) is 8.56. The number of carbonyl (C=O) groups is 1. The van der Waals surface area contributed by atoms with Gasteiger partial charge in [0.05, 0.1) is 12.8 Å². The van der Waals surface area contributed by atoms with Crippen LogP contribution in [-0.2, 0) is 4.79 Å². The average Bonchev–Trinajstić information content (AvgIpc) is 2.96. The first-order chi connectivity index (χ1) is 19.1. The number of hydrogen-bond acceptors (Lipinski definition) is 6. The molecule has 0 aromatic heterocycles. The number of methoxy groups -OCH3 is 1. The maximum atomic E-state index is 13.5. The van der Waals surface area contributed by atoms with Crippen LogP contribution in [0.4, 0.5) is 17.1 Å². The van der Waals surface area contributed by atoms with Gasteiger partial charge in [-0.05, 0) is 60.2 Å². The third-order valence-electron chi connectivity index (χ3n) is 5.85. The Morgan fingerprint density at radius 3 is 2.38 bits per heavy atom. The summed E-state index contributed by atoms with van der Waals surface area (Å²) in [5, 5.41) is 9.36. The van der Waals surface area contributed by atoms with Crippen molar-refractivity contribution in [3.05, 3.63) is 103 Å². The summed E-state index contributed by atoms with van der Waals surface area (Å²) in [5.41, 5.74) is 3.10. The molecule has 4 aromatic rings. The van der Waals surface area contributed by atoms with E-state index in [1.54, 1.807) is 13.2 Å². The molecule has 1 heterocycles. The Morgan fingerprint density at radius 1 is 0.821 bits per heavy atom. The van der Waals surface area contributed by atoms with Crippen LogP contribution in [-0.4, -0.2) is 31.3 Å². The molecule has 4 aromatic carbocycles. The number of anilines is 3. The number of benzene rings is 4. The second kappa shape index (κ2) is 12.6. The number of ether oxygens (including phenoxy) is 3. The highest BCUT2D eigenvalue weighted by atomic mass is 32.2. The van der Waals surface area contributed by atoms with E-state index in [4.69, 9.17) is 26.4 Å². The quantitative estimate of drug-likeness (QED) is 0.162. The molecule has 39 heavy (non-hydrogen) atoms. The lowest BCUT2D eigenvalue weighted by atomic mass is 10.1. The van der Waals surface area contributed by atoms with Gasteiger partial charge in [0.1, 0.15) is 24.2 Å². The van der Waals surface area contributed by atoms with Crippen molar-refractivity contribution in [1.82, 2.24) is 0 Å². The molecule has 0 saturated carbocycles. The van der Waals surface area contributed by atoms with Crippen LogP contribution < -0.4 is 30.2 Å². The molecule has 9 heteroatoms. The van der Waals surface area contributed by atoms with Gasteiger partial charge in [0.2, 0.25) is 5.91 Å². The number of thiocarbonyl (C=S) groups is 1. The van der Waals surface area contributed by atoms with Crippen molar-refractivity contribution >= 4 is 52.1 Å². The highest BCUT2D eigenvalue weighted by Gasteiger charge is 2.23. The van der Waals surface area contributed by atoms with Crippen molar-refractivity contribution in [1.29, 1.82) is 0 Å². The minimum atomic E-state index is -0.492. The standard InChI is InChI=1S/C30H27N3O4S2/c1-35-25-13-6-5-12-24(25)33-30(38)32-21-10-7-11-23(18-21)39-28(20-8-3-2-4-9-20)29(34)31-22-14-15-26-27(19-22)37-17-16-36-26/h2-15,18-19,28H,16-17H2,1H3,(H,31,34)(H2,32,33,38). The van der Waals surface area contributed by atoms with Crippen molar-refractivity contribution in [3.63, 3.8) is 0 Å². The Kier molecular flexibility index (Phi) is 8.50. The van der Waals surface area contributed by atoms with Gasteiger partial charge < -0.3 is 30.2 Å². The Balaban J connectivity index is 1.31. The largest absolute Gasteiger partial charge is 0.495 e. The van der Waals surface area contributed by atoms with Crippen molar-refractivity contribution < 1.29 is 19.0 Å². The first kappa shape index (κ1) is 26.4. The van der Waals surface area contributed by atoms with E-state index in [9.17, 15) is 4.79 Å². The molecule has 3 N–H and O–H groups in total. The molecular weight excluding hydrogens is 530 g/mol. The van der Waals surface area contributed by atoms with Crippen molar-refractivity contribution in [2.24, 2.45) is 0 Å². The minimum absolute atomic E-state index is 0.144. The second-order valence-corrected chi connectivity index (χ2v) is 10.2. The van der Waals surface area contributed by atoms with E-state index in [-0.39, 0.29) is 5.91 Å². The van der Waals surface area contributed by atoms with Gasteiger partial charge in [0.15, 0.2) is 16.6 Å². The summed E-state index contributed by atoms with van der Waals surface area (Å²) in [7, 11) is 1.62. The van der Waals surface area contributed by atoms with Crippen LogP contribution in [0.15, 0.2) is 102 Å². The van der Waals surface area contributed by atoms with Gasteiger partial charge in [-0.3, -0.25) is 4.79 Å². The first-order valence-corrected chi connectivity index (χ1v) is 13.6. The Morgan fingerprint density at radius 2 is 1.56 bits per heavy atom. The zero-order valence-corrected chi connectivity index (χ0v) is 22.8. The molecule has 7 nitrogen and oxygen atoms in total. The Hall–Kier alpha value is -4.21. The van der Waals surface area contributed by atoms with E-state index in [0.29, 0.717) is 41.3 Å². The van der Waals surface area contributed by atoms with Crippen molar-refractivity contribution in [2.75, 3.05) is 36.3 Å². The predicted molar refractivity (Wildman–Crippen MR) is 160 cm³/mol. The van der Waals surface area contributed by atoms with Gasteiger partial charge in [-0.25, -0.2) is 0 Å². The third-order valence-corrected chi connectivity index (χ3v) is 7.30. The van der Waals surface area contributed by atoms with Crippen LogP contribution in [0.5, 0.6) is 17.2 Å². The van der Waals surface area contributed by atoms with Crippen LogP contribution in [0, 0.1) is 0 Å². The SMILES string of the molecule is COc1ccccc1NC(=S)Nc1cccc(SC(C(=O)Nc2ccc3c(c2)OCCO3)c2ccccc2)c1. The van der Waals surface area contributed by atoms with Crippen molar-refractivity contribution in [3.8, 4) is 17.2 Å². The van der Waals surface area contributed by atoms with Gasteiger partial charge >= 0.3 is 0 Å². The molecular formula is C30H27N3O4S2. The zero-order valence-electron chi connectivity index (χ0n) is 21.2. The molecule has 1 aliphatic rings. The number of rotatable bonds is 8. The maximum absolute atomic E-state index is 13.5. The van der Waals surface area contributed by atoms with Crippen LogP contribution in [0.1, 0.15) is 10.8 Å². The lowest BCUT2D eigenvalue weighted by Gasteiger charge is -2.20. The summed E-state index contributed by atoms with van der Waals surface area (Å²) in [6, 6.07) is 30.5. The summed E-state index contributed by atoms with van der Waals surface area (Å²) in [6.45, 7) is 0.996. The lowest BCUT2D eigenvalue weighted by molar-refractivity contribution is -0.115. The van der Waals surface area contributed by atoms with Crippen LogP contribution in [0.25, 0.3) is 0 Å². The molecule has 0 fully saturated rings. The van der Waals surface area contributed by atoms with Gasteiger partial charge in [-0.15, -0.1) is 11.8 Å². The van der Waals surface area contributed by atoms with E-state index in [0.717, 1.165) is 21.8 Å². The minimum Gasteiger partial charge on any atom is -0.495 e. The Bertz CT molecular complexity index is 1470. The molecule has 5 rings (SSSR count). The number of thioether (sulfide) groups is 1. The molecule has 0 bridgehead atoms. The van der Waals surface area contributed by atoms with E-state index in [1.165, 1.54) is 11.8 Å². The number of amides is 1. The maximum Gasteiger partial charge on any atom is 0.242 e. The molecule has 0 spiro atoms. The Labute approximate surface area is 236 Å². The number of nitrogens with one attached hydrogen (secondary N) is 3. The fourth-order valence-corrected chi connectivity index (χ4v) is 5.36. The highest BCUT2D eigenvalue weighted by molar-refractivity contribution is 8.00. The van der Waals surface area contributed by atoms with Gasteiger partial charge in [0.25, 0.3) is 0 Å². The molecule has 198 valence electrons. The summed E-state index contributed by atoms with van der Waals surface area (Å²) in [6.07, 6.45) is 0. The first-order valence-electron chi connectivity index (χ1n) is 12.3. The molecule has 1 aliphatic heterocycles. The van der Waals surface area contributed by atoms with Crippen LogP contribution in [0.3, 0.4) is 0 Å². The third kappa shape index (κ3) is 6.81. The van der Waals surface area contributed by atoms with Gasteiger partial charge in [-0.1, -0.05) is 48.5 Å². The molecule has 0 radical (unpaired) electrons. The monoisotopic (exact) mass is 557 g/mol. The number of fused-ring (bicyclic) bond motifs is 1. The predicted octanol–water partition coefficient (Wildman–Crippen LogP) is 6.75. The molecule has 0 saturated heterocycles. The van der Waals surface area contributed by atoms with E-state index in [1.807, 2.05) is 91.0 Å². The normalized spacial score (nSPS) is 12.6. The fraction of sp³-hybridized carbons (Fsp3) is 0.133. The summed E-state index contributed by atoms with van der Waals surface area (Å²) < 4.78 is 16.7.